The Morgan fingerprint density at radius 2 is 2.17 bits per heavy atom. The molecule has 2 N–H and O–H groups in total. The molecule has 128 valence electrons. The van der Waals surface area contributed by atoms with Gasteiger partial charge in [-0.2, -0.15) is 5.10 Å². The van der Waals surface area contributed by atoms with Gasteiger partial charge in [0.15, 0.2) is 0 Å². The van der Waals surface area contributed by atoms with Crippen LogP contribution in [-0.4, -0.2) is 43.2 Å². The second-order valence-electron chi connectivity index (χ2n) is 6.23. The van der Waals surface area contributed by atoms with Gasteiger partial charge in [-0.05, 0) is 27.2 Å². The lowest BCUT2D eigenvalue weighted by atomic mass is 9.99. The fourth-order valence-corrected chi connectivity index (χ4v) is 3.19. The van der Waals surface area contributed by atoms with Crippen LogP contribution < -0.4 is 10.6 Å². The first kappa shape index (κ1) is 16.2. The van der Waals surface area contributed by atoms with E-state index in [1.807, 2.05) is 38.6 Å². The average molecular weight is 330 g/mol. The number of imidazole rings is 1. The van der Waals surface area contributed by atoms with Crippen LogP contribution in [0, 0.1) is 13.8 Å². The van der Waals surface area contributed by atoms with Crippen LogP contribution in [0.25, 0.3) is 5.82 Å². The molecule has 8 heteroatoms. The van der Waals surface area contributed by atoms with Gasteiger partial charge in [-0.1, -0.05) is 0 Å². The highest BCUT2D eigenvalue weighted by Crippen LogP contribution is 2.20. The molecule has 2 aromatic rings. The van der Waals surface area contributed by atoms with Crippen molar-refractivity contribution in [3.63, 3.8) is 0 Å². The number of nitrogens with one attached hydrogen (secondary N) is 2. The van der Waals surface area contributed by atoms with Gasteiger partial charge in [0, 0.05) is 37.9 Å². The zero-order valence-electron chi connectivity index (χ0n) is 14.3. The highest BCUT2D eigenvalue weighted by atomic mass is 16.2. The lowest BCUT2D eigenvalue weighted by molar-refractivity contribution is -0.123. The smallest absolute Gasteiger partial charge is 0.257 e. The van der Waals surface area contributed by atoms with E-state index in [0.717, 1.165) is 5.82 Å². The van der Waals surface area contributed by atoms with Gasteiger partial charge in [-0.3, -0.25) is 18.8 Å². The Balaban J connectivity index is 1.91. The topological polar surface area (TPSA) is 93.8 Å². The molecule has 1 saturated heterocycles. The van der Waals surface area contributed by atoms with E-state index in [4.69, 9.17) is 0 Å². The minimum absolute atomic E-state index is 0.0280. The van der Waals surface area contributed by atoms with Crippen LogP contribution in [0.5, 0.6) is 0 Å². The first-order valence-electron chi connectivity index (χ1n) is 8.02. The van der Waals surface area contributed by atoms with Crippen LogP contribution in [-0.2, 0) is 11.8 Å². The number of hydrogen-bond acceptors (Lipinski definition) is 4. The zero-order chi connectivity index (χ0) is 17.4. The summed E-state index contributed by atoms with van der Waals surface area (Å²) in [5.41, 5.74) is 1.19. The molecule has 2 aromatic heterocycles. The van der Waals surface area contributed by atoms with Gasteiger partial charge in [-0.25, -0.2) is 4.98 Å². The van der Waals surface area contributed by atoms with Crippen LogP contribution in [0.15, 0.2) is 12.4 Å². The Morgan fingerprint density at radius 1 is 1.42 bits per heavy atom. The maximum Gasteiger partial charge on any atom is 0.257 e. The fourth-order valence-electron chi connectivity index (χ4n) is 3.19. The molecule has 2 unspecified atom stereocenters. The van der Waals surface area contributed by atoms with Crippen LogP contribution >= 0.6 is 0 Å². The van der Waals surface area contributed by atoms with Gasteiger partial charge in [0.05, 0.1) is 5.69 Å². The summed E-state index contributed by atoms with van der Waals surface area (Å²) in [6, 6.07) is -0.183. The van der Waals surface area contributed by atoms with E-state index in [0.29, 0.717) is 29.9 Å². The van der Waals surface area contributed by atoms with Crippen LogP contribution in [0.3, 0.4) is 0 Å². The van der Waals surface area contributed by atoms with Gasteiger partial charge in [0.25, 0.3) is 5.91 Å². The fraction of sp³-hybridized carbons (Fsp3) is 0.500. The number of hydrogen-bond donors (Lipinski definition) is 2. The van der Waals surface area contributed by atoms with E-state index in [1.165, 1.54) is 0 Å². The van der Waals surface area contributed by atoms with Crippen LogP contribution in [0.2, 0.25) is 0 Å². The molecule has 0 aromatic carbocycles. The Bertz CT molecular complexity index is 791. The van der Waals surface area contributed by atoms with E-state index in [9.17, 15) is 9.59 Å². The average Bonchev–Trinajstić information content (AvgIpc) is 3.04. The van der Waals surface area contributed by atoms with Gasteiger partial charge in [0.1, 0.15) is 17.2 Å². The molecule has 1 fully saturated rings. The maximum absolute atomic E-state index is 12.9. The SMILES string of the molecule is Cc1nn(C)c(-n2ccnc2C)c1C(=O)NC1CCC(=O)NC1C. The summed E-state index contributed by atoms with van der Waals surface area (Å²) >= 11 is 0. The predicted octanol–water partition coefficient (Wildman–Crippen LogP) is 0.620. The van der Waals surface area contributed by atoms with Crippen molar-refractivity contribution in [1.82, 2.24) is 30.0 Å². The number of nitrogens with zero attached hydrogens (tertiary/aromatic N) is 4. The maximum atomic E-state index is 12.9. The van der Waals surface area contributed by atoms with Gasteiger partial charge in [0.2, 0.25) is 5.91 Å². The Kier molecular flexibility index (Phi) is 4.13. The summed E-state index contributed by atoms with van der Waals surface area (Å²) in [7, 11) is 1.81. The molecule has 1 aliphatic rings. The van der Waals surface area contributed by atoms with Crippen LogP contribution in [0.4, 0.5) is 0 Å². The molecule has 0 bridgehead atoms. The van der Waals surface area contributed by atoms with E-state index < -0.39 is 0 Å². The standard InChI is InChI=1S/C16H22N6O2/c1-9-12(5-6-13(23)18-9)19-15(24)14-10(2)20-21(4)16(14)22-8-7-17-11(22)3/h7-9,12H,5-6H2,1-4H3,(H,18,23)(H,19,24). The van der Waals surface area contributed by atoms with Crippen molar-refractivity contribution in [2.24, 2.45) is 7.05 Å². The third kappa shape index (κ3) is 2.79. The molecule has 2 amide bonds. The minimum atomic E-state index is -0.184. The quantitative estimate of drug-likeness (QED) is 0.863. The number of aryl methyl sites for hydroxylation is 3. The van der Waals surface area contributed by atoms with Crippen molar-refractivity contribution >= 4 is 11.8 Å². The van der Waals surface area contributed by atoms with Crippen molar-refractivity contribution in [1.29, 1.82) is 0 Å². The summed E-state index contributed by atoms with van der Waals surface area (Å²) in [6.07, 6.45) is 4.57. The van der Waals surface area contributed by atoms with E-state index in [-0.39, 0.29) is 23.9 Å². The third-order valence-electron chi connectivity index (χ3n) is 4.46. The molecule has 1 aliphatic heterocycles. The first-order valence-corrected chi connectivity index (χ1v) is 8.02. The number of rotatable bonds is 3. The number of amides is 2. The number of carbonyl (C=O) groups is 2. The molecule has 3 rings (SSSR count). The Labute approximate surface area is 140 Å². The summed E-state index contributed by atoms with van der Waals surface area (Å²) in [5, 5.41) is 10.3. The summed E-state index contributed by atoms with van der Waals surface area (Å²) in [5.74, 6) is 1.31. The van der Waals surface area contributed by atoms with E-state index in [2.05, 4.69) is 20.7 Å². The molecule has 3 heterocycles. The van der Waals surface area contributed by atoms with Crippen molar-refractivity contribution in [2.75, 3.05) is 0 Å². The molecule has 0 radical (unpaired) electrons. The Morgan fingerprint density at radius 3 is 2.79 bits per heavy atom. The third-order valence-corrected chi connectivity index (χ3v) is 4.46. The summed E-state index contributed by atoms with van der Waals surface area (Å²) in [4.78, 5) is 28.5. The number of aromatic nitrogens is 4. The lowest BCUT2D eigenvalue weighted by Crippen LogP contribution is -2.54. The summed E-state index contributed by atoms with van der Waals surface area (Å²) in [6.45, 7) is 5.60. The largest absolute Gasteiger partial charge is 0.352 e. The minimum Gasteiger partial charge on any atom is -0.352 e. The van der Waals surface area contributed by atoms with Crippen molar-refractivity contribution in [3.8, 4) is 5.82 Å². The molecule has 0 spiro atoms. The normalized spacial score (nSPS) is 20.8. The molecular weight excluding hydrogens is 308 g/mol. The highest BCUT2D eigenvalue weighted by Gasteiger charge is 2.29. The lowest BCUT2D eigenvalue weighted by Gasteiger charge is -2.30. The van der Waals surface area contributed by atoms with Gasteiger partial charge >= 0.3 is 0 Å². The van der Waals surface area contributed by atoms with Crippen molar-refractivity contribution in [2.45, 2.75) is 45.7 Å². The number of carbonyl (C=O) groups excluding carboxylic acids is 2. The first-order chi connectivity index (χ1) is 11.4. The molecule has 8 nitrogen and oxygen atoms in total. The predicted molar refractivity (Wildman–Crippen MR) is 87.9 cm³/mol. The van der Waals surface area contributed by atoms with E-state index in [1.54, 1.807) is 10.9 Å². The molecule has 2 atom stereocenters. The van der Waals surface area contributed by atoms with Crippen molar-refractivity contribution < 1.29 is 9.59 Å². The monoisotopic (exact) mass is 330 g/mol. The van der Waals surface area contributed by atoms with E-state index >= 15 is 0 Å². The van der Waals surface area contributed by atoms with Gasteiger partial charge < -0.3 is 10.6 Å². The molecule has 0 saturated carbocycles. The second kappa shape index (κ2) is 6.10. The number of piperidine rings is 1. The molecular formula is C16H22N6O2. The van der Waals surface area contributed by atoms with Crippen LogP contribution in [0.1, 0.15) is 41.6 Å². The summed E-state index contributed by atoms with van der Waals surface area (Å²) < 4.78 is 3.53. The Hall–Kier alpha value is -2.64. The van der Waals surface area contributed by atoms with Gasteiger partial charge in [-0.15, -0.1) is 0 Å². The zero-order valence-corrected chi connectivity index (χ0v) is 14.3. The second-order valence-corrected chi connectivity index (χ2v) is 6.23. The molecule has 0 aliphatic carbocycles. The van der Waals surface area contributed by atoms with Crippen molar-refractivity contribution in [3.05, 3.63) is 29.5 Å². The highest BCUT2D eigenvalue weighted by molar-refractivity contribution is 5.98. The molecule has 24 heavy (non-hydrogen) atoms.